The van der Waals surface area contributed by atoms with Crippen LogP contribution in [0.3, 0.4) is 0 Å². The summed E-state index contributed by atoms with van der Waals surface area (Å²) < 4.78 is 44.1. The number of methoxy groups -OCH3 is 1. The molecular weight excluding hydrogens is 699 g/mol. The molecular formula is C39H43N5O8S. The number of aromatic nitrogens is 4. The molecule has 278 valence electrons. The number of carboxylic acids is 1. The molecule has 1 aliphatic heterocycles. The molecule has 0 saturated heterocycles. The van der Waals surface area contributed by atoms with Gasteiger partial charge in [0, 0.05) is 12.7 Å². The average Bonchev–Trinajstić information content (AvgIpc) is 3.55. The van der Waals surface area contributed by atoms with Crippen LogP contribution >= 0.6 is 10.8 Å². The zero-order valence-electron chi connectivity index (χ0n) is 30.2. The van der Waals surface area contributed by atoms with E-state index in [0.717, 1.165) is 27.8 Å². The van der Waals surface area contributed by atoms with E-state index in [1.165, 1.54) is 19.4 Å². The number of para-hydroxylation sites is 1. The topological polar surface area (TPSA) is 169 Å². The number of fused-ring (bicyclic) bond motifs is 1. The molecule has 0 bridgehead atoms. The molecule has 2 unspecified atom stereocenters. The first-order valence-electron chi connectivity index (χ1n) is 17.0. The Balaban J connectivity index is 1.22. The lowest BCUT2D eigenvalue weighted by atomic mass is 9.81. The van der Waals surface area contributed by atoms with E-state index in [9.17, 15) is 23.8 Å². The van der Waals surface area contributed by atoms with Crippen LogP contribution in [-0.2, 0) is 34.0 Å². The highest BCUT2D eigenvalue weighted by Crippen LogP contribution is 2.57. The summed E-state index contributed by atoms with van der Waals surface area (Å²) in [6.45, 7) is 8.31. The van der Waals surface area contributed by atoms with Crippen molar-refractivity contribution in [3.63, 3.8) is 0 Å². The van der Waals surface area contributed by atoms with E-state index in [0.29, 0.717) is 28.4 Å². The smallest absolute Gasteiger partial charge is 0.354 e. The van der Waals surface area contributed by atoms with E-state index in [4.69, 9.17) is 14.2 Å². The monoisotopic (exact) mass is 741 g/mol. The zero-order chi connectivity index (χ0) is 37.9. The molecule has 3 aromatic carbocycles. The van der Waals surface area contributed by atoms with Gasteiger partial charge in [-0.15, -0.1) is 15.9 Å². The highest BCUT2D eigenvalue weighted by molar-refractivity contribution is 8.22. The molecule has 6 rings (SSSR count). The van der Waals surface area contributed by atoms with Gasteiger partial charge < -0.3 is 19.3 Å². The number of rotatable bonds is 12. The molecule has 13 nitrogen and oxygen atoms in total. The Labute approximate surface area is 309 Å². The second-order valence-corrected chi connectivity index (χ2v) is 15.6. The standard InChI is InChI=1S/C39H43N5O8S/c1-25-13-14-30(18-31(25)22-44-20-26(2)52-34-11-6-7-12-35(34)53(44,48)49)36(39(3,4)38(47)50-5)51-24-32-23-43(42-41-32)21-27-9-8-10-28(17-27)29-15-16-40-33(19-29)37(45)46/h6-19,23,26,36,48-49H,20-22,24H2,1-5H3,(H,45,46). The molecule has 3 N–H and O–H groups in total. The van der Waals surface area contributed by atoms with Gasteiger partial charge in [-0.25, -0.2) is 14.5 Å². The summed E-state index contributed by atoms with van der Waals surface area (Å²) in [4.78, 5) is 28.8. The first kappa shape index (κ1) is 37.6. The minimum absolute atomic E-state index is 0.0315. The van der Waals surface area contributed by atoms with Gasteiger partial charge in [0.25, 0.3) is 0 Å². The van der Waals surface area contributed by atoms with Gasteiger partial charge in [0.05, 0.1) is 44.5 Å². The summed E-state index contributed by atoms with van der Waals surface area (Å²) in [5.41, 5.74) is 4.39. The van der Waals surface area contributed by atoms with Crippen molar-refractivity contribution in [1.29, 1.82) is 0 Å². The number of hydrogen-bond donors (Lipinski definition) is 3. The predicted molar refractivity (Wildman–Crippen MR) is 198 cm³/mol. The molecule has 2 aromatic heterocycles. The molecule has 0 radical (unpaired) electrons. The van der Waals surface area contributed by atoms with Gasteiger partial charge in [-0.1, -0.05) is 53.7 Å². The molecule has 53 heavy (non-hydrogen) atoms. The second-order valence-electron chi connectivity index (χ2n) is 13.6. The van der Waals surface area contributed by atoms with Gasteiger partial charge in [0.2, 0.25) is 0 Å². The highest BCUT2D eigenvalue weighted by Gasteiger charge is 2.41. The molecule has 1 aliphatic rings. The fraction of sp³-hybridized carbons (Fsp3) is 0.308. The van der Waals surface area contributed by atoms with Crippen molar-refractivity contribution in [2.45, 2.75) is 64.5 Å². The molecule has 0 aliphatic carbocycles. The Kier molecular flexibility index (Phi) is 11.0. The largest absolute Gasteiger partial charge is 0.487 e. The Morgan fingerprint density at radius 2 is 1.79 bits per heavy atom. The number of aryl methyl sites for hydroxylation is 1. The van der Waals surface area contributed by atoms with Gasteiger partial charge in [0.15, 0.2) is 0 Å². The number of benzene rings is 3. The molecule has 0 saturated carbocycles. The Hall–Kier alpha value is -5.12. The van der Waals surface area contributed by atoms with E-state index in [1.54, 1.807) is 59.4 Å². The van der Waals surface area contributed by atoms with Gasteiger partial charge in [-0.3, -0.25) is 13.9 Å². The average molecular weight is 742 g/mol. The van der Waals surface area contributed by atoms with E-state index < -0.39 is 34.2 Å². The number of esters is 1. The van der Waals surface area contributed by atoms with Gasteiger partial charge >= 0.3 is 11.9 Å². The summed E-state index contributed by atoms with van der Waals surface area (Å²) in [5, 5.41) is 18.0. The van der Waals surface area contributed by atoms with Crippen molar-refractivity contribution in [3.05, 3.63) is 125 Å². The number of ether oxygens (including phenoxy) is 3. The van der Waals surface area contributed by atoms with E-state index in [-0.39, 0.29) is 31.5 Å². The molecule has 0 fully saturated rings. The Morgan fingerprint density at radius 1 is 1.02 bits per heavy atom. The fourth-order valence-electron chi connectivity index (χ4n) is 6.43. The summed E-state index contributed by atoms with van der Waals surface area (Å²) in [6, 6.07) is 23.8. The Bertz CT molecular complexity index is 2120. The van der Waals surface area contributed by atoms with Crippen LogP contribution in [0.1, 0.15) is 65.3 Å². The summed E-state index contributed by atoms with van der Waals surface area (Å²) >= 11 is 0. The number of carbonyl (C=O) groups excluding carboxylic acids is 1. The predicted octanol–water partition coefficient (Wildman–Crippen LogP) is 7.16. The van der Waals surface area contributed by atoms with Crippen LogP contribution in [-0.4, -0.2) is 70.2 Å². The normalized spacial score (nSPS) is 16.8. The van der Waals surface area contributed by atoms with Crippen LogP contribution in [0.15, 0.2) is 96.2 Å². The fourth-order valence-corrected chi connectivity index (χ4v) is 8.09. The SMILES string of the molecule is COC(=O)C(C)(C)C(OCc1cn(Cc2cccc(-c3ccnc(C(=O)O)c3)c2)nn1)c1ccc(C)c(CN2CC(C)Oc3ccccc3S2(O)O)c1. The number of aromatic carboxylic acids is 1. The first-order chi connectivity index (χ1) is 25.3. The molecule has 0 spiro atoms. The quantitative estimate of drug-likeness (QED) is 0.111. The third-order valence-corrected chi connectivity index (χ3v) is 11.2. The van der Waals surface area contributed by atoms with Gasteiger partial charge in [0.1, 0.15) is 28.1 Å². The van der Waals surface area contributed by atoms with Crippen LogP contribution < -0.4 is 4.74 Å². The van der Waals surface area contributed by atoms with Crippen LogP contribution in [0.4, 0.5) is 0 Å². The van der Waals surface area contributed by atoms with Gasteiger partial charge in [-0.05, 0) is 91.4 Å². The first-order valence-corrected chi connectivity index (χ1v) is 18.5. The lowest BCUT2D eigenvalue weighted by Crippen LogP contribution is -2.35. The highest BCUT2D eigenvalue weighted by atomic mass is 32.3. The van der Waals surface area contributed by atoms with Crippen molar-refractivity contribution in [3.8, 4) is 16.9 Å². The number of hydrogen-bond acceptors (Lipinski definition) is 11. The third kappa shape index (κ3) is 8.27. The lowest BCUT2D eigenvalue weighted by Gasteiger charge is -2.42. The summed E-state index contributed by atoms with van der Waals surface area (Å²) in [6.07, 6.45) is 2.19. The van der Waals surface area contributed by atoms with E-state index in [2.05, 4.69) is 15.3 Å². The second kappa shape index (κ2) is 15.5. The third-order valence-electron chi connectivity index (χ3n) is 9.25. The number of pyridine rings is 1. The maximum Gasteiger partial charge on any atom is 0.354 e. The van der Waals surface area contributed by atoms with Crippen molar-refractivity contribution in [1.82, 2.24) is 24.3 Å². The van der Waals surface area contributed by atoms with Crippen molar-refractivity contribution in [2.24, 2.45) is 5.41 Å². The molecule has 14 heteroatoms. The van der Waals surface area contributed by atoms with Crippen molar-refractivity contribution >= 4 is 22.7 Å². The zero-order valence-corrected chi connectivity index (χ0v) is 31.0. The lowest BCUT2D eigenvalue weighted by molar-refractivity contribution is -0.162. The summed E-state index contributed by atoms with van der Waals surface area (Å²) in [7, 11) is -2.03. The number of carboxylic acid groups (broad SMARTS) is 1. The van der Waals surface area contributed by atoms with Crippen LogP contribution in [0.2, 0.25) is 0 Å². The van der Waals surface area contributed by atoms with Crippen LogP contribution in [0, 0.1) is 12.3 Å². The number of nitrogens with zero attached hydrogens (tertiary/aromatic N) is 5. The minimum Gasteiger partial charge on any atom is -0.487 e. The van der Waals surface area contributed by atoms with Crippen LogP contribution in [0.25, 0.3) is 11.1 Å². The summed E-state index contributed by atoms with van der Waals surface area (Å²) in [5.74, 6) is -1.10. The number of carbonyl (C=O) groups is 2. The van der Waals surface area contributed by atoms with Crippen LogP contribution in [0.5, 0.6) is 5.75 Å². The maximum absolute atomic E-state index is 13.1. The van der Waals surface area contributed by atoms with Crippen molar-refractivity contribution in [2.75, 3.05) is 13.7 Å². The molecule has 5 aromatic rings. The van der Waals surface area contributed by atoms with E-state index in [1.807, 2.05) is 56.3 Å². The maximum atomic E-state index is 13.1. The van der Waals surface area contributed by atoms with E-state index >= 15 is 0 Å². The van der Waals surface area contributed by atoms with Crippen molar-refractivity contribution < 1.29 is 38.0 Å². The van der Waals surface area contributed by atoms with Gasteiger partial charge in [-0.2, -0.15) is 4.31 Å². The molecule has 3 heterocycles. The molecule has 2 atom stereocenters. The Morgan fingerprint density at radius 3 is 2.57 bits per heavy atom. The minimum atomic E-state index is -3.37. The molecule has 0 amide bonds.